The zero-order valence-corrected chi connectivity index (χ0v) is 11.0. The SMILES string of the molecule is NC1CCN(CCCOc2ccc(Cl)c(F)c2)C1. The number of likely N-dealkylation sites (tertiary alicyclic amines) is 1. The molecule has 18 heavy (non-hydrogen) atoms. The van der Waals surface area contributed by atoms with E-state index in [1.807, 2.05) is 0 Å². The summed E-state index contributed by atoms with van der Waals surface area (Å²) in [5, 5.41) is 0.119. The highest BCUT2D eigenvalue weighted by atomic mass is 35.5. The maximum absolute atomic E-state index is 13.1. The van der Waals surface area contributed by atoms with Crippen LogP contribution in [0.25, 0.3) is 0 Å². The molecular formula is C13H18ClFN2O. The normalized spacial score (nSPS) is 20.3. The van der Waals surface area contributed by atoms with Gasteiger partial charge in [0.05, 0.1) is 11.6 Å². The van der Waals surface area contributed by atoms with Gasteiger partial charge in [0.25, 0.3) is 0 Å². The van der Waals surface area contributed by atoms with E-state index in [0.717, 1.165) is 32.5 Å². The Hall–Kier alpha value is -0.840. The minimum absolute atomic E-state index is 0.119. The Kier molecular flexibility index (Phi) is 4.80. The van der Waals surface area contributed by atoms with E-state index in [1.165, 1.54) is 12.1 Å². The van der Waals surface area contributed by atoms with Gasteiger partial charge in [-0.2, -0.15) is 0 Å². The van der Waals surface area contributed by atoms with Crippen LogP contribution in [0, 0.1) is 5.82 Å². The third kappa shape index (κ3) is 3.83. The number of hydrogen-bond donors (Lipinski definition) is 1. The lowest BCUT2D eigenvalue weighted by molar-refractivity contribution is 0.261. The first kappa shape index (κ1) is 13.6. The summed E-state index contributed by atoms with van der Waals surface area (Å²) >= 11 is 5.59. The van der Waals surface area contributed by atoms with Crippen LogP contribution in [0.5, 0.6) is 5.75 Å². The summed E-state index contributed by atoms with van der Waals surface area (Å²) in [5.74, 6) is 0.0784. The standard InChI is InChI=1S/C13H18ClFN2O/c14-12-3-2-11(8-13(12)15)18-7-1-5-17-6-4-10(16)9-17/h2-3,8,10H,1,4-7,9,16H2. The maximum atomic E-state index is 13.1. The molecule has 1 fully saturated rings. The lowest BCUT2D eigenvalue weighted by Crippen LogP contribution is -2.28. The summed E-state index contributed by atoms with van der Waals surface area (Å²) in [6.07, 6.45) is 1.99. The number of halogens is 2. The van der Waals surface area contributed by atoms with Crippen molar-refractivity contribution in [2.24, 2.45) is 5.73 Å². The van der Waals surface area contributed by atoms with Crippen LogP contribution in [0.4, 0.5) is 4.39 Å². The molecule has 100 valence electrons. The third-order valence-electron chi connectivity index (χ3n) is 3.09. The fourth-order valence-corrected chi connectivity index (χ4v) is 2.23. The molecule has 0 amide bonds. The first-order valence-electron chi connectivity index (χ1n) is 6.21. The van der Waals surface area contributed by atoms with E-state index >= 15 is 0 Å². The summed E-state index contributed by atoms with van der Waals surface area (Å²) in [5.41, 5.74) is 5.82. The fraction of sp³-hybridized carbons (Fsp3) is 0.538. The number of benzene rings is 1. The number of nitrogens with zero attached hydrogens (tertiary/aromatic N) is 1. The minimum atomic E-state index is -0.445. The van der Waals surface area contributed by atoms with Gasteiger partial charge in [-0.25, -0.2) is 4.39 Å². The monoisotopic (exact) mass is 272 g/mol. The highest BCUT2D eigenvalue weighted by Crippen LogP contribution is 2.20. The molecule has 0 bridgehead atoms. The predicted molar refractivity (Wildman–Crippen MR) is 70.6 cm³/mol. The zero-order valence-electron chi connectivity index (χ0n) is 10.2. The highest BCUT2D eigenvalue weighted by molar-refractivity contribution is 6.30. The van der Waals surface area contributed by atoms with Crippen molar-refractivity contribution < 1.29 is 9.13 Å². The van der Waals surface area contributed by atoms with Gasteiger partial charge < -0.3 is 15.4 Å². The van der Waals surface area contributed by atoms with Gasteiger partial charge >= 0.3 is 0 Å². The molecule has 1 aromatic carbocycles. The molecule has 0 aliphatic carbocycles. The molecule has 1 aliphatic rings. The third-order valence-corrected chi connectivity index (χ3v) is 3.39. The van der Waals surface area contributed by atoms with E-state index in [0.29, 0.717) is 18.4 Å². The molecular weight excluding hydrogens is 255 g/mol. The second-order valence-corrected chi connectivity index (χ2v) is 5.03. The molecule has 1 atom stereocenters. The predicted octanol–water partition coefficient (Wildman–Crippen LogP) is 2.28. The summed E-state index contributed by atoms with van der Waals surface area (Å²) in [6, 6.07) is 4.81. The molecule has 2 rings (SSSR count). The van der Waals surface area contributed by atoms with E-state index in [-0.39, 0.29) is 5.02 Å². The van der Waals surface area contributed by atoms with Crippen LogP contribution in [0.3, 0.4) is 0 Å². The first-order chi connectivity index (χ1) is 8.65. The van der Waals surface area contributed by atoms with Crippen molar-refractivity contribution >= 4 is 11.6 Å². The summed E-state index contributed by atoms with van der Waals surface area (Å²) in [6.45, 7) is 3.59. The number of rotatable bonds is 5. The topological polar surface area (TPSA) is 38.5 Å². The Bertz CT molecular complexity index is 403. The van der Waals surface area contributed by atoms with Crippen molar-refractivity contribution in [1.82, 2.24) is 4.90 Å². The van der Waals surface area contributed by atoms with Crippen molar-refractivity contribution in [3.63, 3.8) is 0 Å². The molecule has 1 unspecified atom stereocenters. The summed E-state index contributed by atoms with van der Waals surface area (Å²) in [4.78, 5) is 2.33. The molecule has 5 heteroatoms. The van der Waals surface area contributed by atoms with Crippen LogP contribution in [-0.4, -0.2) is 37.2 Å². The molecule has 1 heterocycles. The van der Waals surface area contributed by atoms with Gasteiger partial charge in [0.15, 0.2) is 0 Å². The molecule has 1 aliphatic heterocycles. The molecule has 0 spiro atoms. The van der Waals surface area contributed by atoms with Crippen molar-refractivity contribution in [2.75, 3.05) is 26.2 Å². The van der Waals surface area contributed by atoms with Crippen molar-refractivity contribution in [2.45, 2.75) is 18.9 Å². The van der Waals surface area contributed by atoms with Crippen molar-refractivity contribution in [1.29, 1.82) is 0 Å². The van der Waals surface area contributed by atoms with Gasteiger partial charge in [0, 0.05) is 25.2 Å². The van der Waals surface area contributed by atoms with Crippen LogP contribution in [0.15, 0.2) is 18.2 Å². The van der Waals surface area contributed by atoms with Crippen LogP contribution in [-0.2, 0) is 0 Å². The largest absolute Gasteiger partial charge is 0.493 e. The van der Waals surface area contributed by atoms with Gasteiger partial charge in [0.1, 0.15) is 11.6 Å². The molecule has 2 N–H and O–H groups in total. The van der Waals surface area contributed by atoms with Crippen LogP contribution in [0.2, 0.25) is 5.02 Å². The van der Waals surface area contributed by atoms with E-state index in [1.54, 1.807) is 6.07 Å². The molecule has 0 aromatic heterocycles. The van der Waals surface area contributed by atoms with Gasteiger partial charge in [-0.3, -0.25) is 0 Å². The maximum Gasteiger partial charge on any atom is 0.145 e. The molecule has 3 nitrogen and oxygen atoms in total. The summed E-state index contributed by atoms with van der Waals surface area (Å²) < 4.78 is 18.6. The smallest absolute Gasteiger partial charge is 0.145 e. The highest BCUT2D eigenvalue weighted by Gasteiger charge is 2.17. The Balaban J connectivity index is 1.67. The molecule has 1 aromatic rings. The lowest BCUT2D eigenvalue weighted by Gasteiger charge is -2.15. The Morgan fingerprint density at radius 3 is 3.00 bits per heavy atom. The molecule has 0 radical (unpaired) electrons. The summed E-state index contributed by atoms with van der Waals surface area (Å²) in [7, 11) is 0. The second kappa shape index (κ2) is 6.36. The van der Waals surface area contributed by atoms with E-state index < -0.39 is 5.82 Å². The Morgan fingerprint density at radius 1 is 1.50 bits per heavy atom. The number of nitrogens with two attached hydrogens (primary N) is 1. The second-order valence-electron chi connectivity index (χ2n) is 4.63. The van der Waals surface area contributed by atoms with Gasteiger partial charge in [-0.05, 0) is 31.5 Å². The quantitative estimate of drug-likeness (QED) is 0.836. The lowest BCUT2D eigenvalue weighted by atomic mass is 10.3. The number of ether oxygens (including phenoxy) is 1. The van der Waals surface area contributed by atoms with Crippen LogP contribution < -0.4 is 10.5 Å². The van der Waals surface area contributed by atoms with Crippen molar-refractivity contribution in [3.8, 4) is 5.75 Å². The minimum Gasteiger partial charge on any atom is -0.493 e. The zero-order chi connectivity index (χ0) is 13.0. The fourth-order valence-electron chi connectivity index (χ4n) is 2.11. The van der Waals surface area contributed by atoms with Crippen molar-refractivity contribution in [3.05, 3.63) is 29.0 Å². The van der Waals surface area contributed by atoms with E-state index in [9.17, 15) is 4.39 Å². The average Bonchev–Trinajstić information content (AvgIpc) is 2.75. The van der Waals surface area contributed by atoms with Gasteiger partial charge in [-0.15, -0.1) is 0 Å². The Labute approximate surface area is 112 Å². The first-order valence-corrected chi connectivity index (χ1v) is 6.59. The van der Waals surface area contributed by atoms with E-state index in [4.69, 9.17) is 22.1 Å². The molecule has 1 saturated heterocycles. The van der Waals surface area contributed by atoms with Crippen LogP contribution >= 0.6 is 11.6 Å². The Morgan fingerprint density at radius 2 is 2.33 bits per heavy atom. The van der Waals surface area contributed by atoms with E-state index in [2.05, 4.69) is 4.90 Å². The number of hydrogen-bond acceptors (Lipinski definition) is 3. The van der Waals surface area contributed by atoms with Crippen LogP contribution in [0.1, 0.15) is 12.8 Å². The van der Waals surface area contributed by atoms with Gasteiger partial charge in [0.2, 0.25) is 0 Å². The average molecular weight is 273 g/mol. The van der Waals surface area contributed by atoms with Gasteiger partial charge in [-0.1, -0.05) is 11.6 Å². The molecule has 0 saturated carbocycles.